The van der Waals surface area contributed by atoms with Crippen LogP contribution >= 0.6 is 0 Å². The molecule has 8 heteroatoms. The van der Waals surface area contributed by atoms with Gasteiger partial charge in [0.25, 0.3) is 11.5 Å². The van der Waals surface area contributed by atoms with Crippen molar-refractivity contribution >= 4 is 43.6 Å². The summed E-state index contributed by atoms with van der Waals surface area (Å²) in [7, 11) is 0. The van der Waals surface area contributed by atoms with Crippen LogP contribution in [0, 0.1) is 33.1 Å². The first-order valence-electron chi connectivity index (χ1n) is 31.7. The Balaban J connectivity index is 0.000000388. The molecule has 11 rings (SSSR count). The van der Waals surface area contributed by atoms with Crippen LogP contribution in [0.25, 0.3) is 83.0 Å². The molecule has 1 aliphatic carbocycles. The minimum atomic E-state index is 0. The minimum absolute atomic E-state index is 0. The van der Waals surface area contributed by atoms with Crippen molar-refractivity contribution in [1.29, 1.82) is 0 Å². The normalized spacial score (nSPS) is 14.0. The van der Waals surface area contributed by atoms with Gasteiger partial charge in [-0.15, -0.1) is 0 Å². The van der Waals surface area contributed by atoms with Crippen molar-refractivity contribution in [3.63, 3.8) is 0 Å². The summed E-state index contributed by atoms with van der Waals surface area (Å²) >= 11 is 0. The van der Waals surface area contributed by atoms with Crippen LogP contribution in [0.1, 0.15) is 146 Å². The molecule has 2 heterocycles. The van der Waals surface area contributed by atoms with Crippen LogP contribution < -0.4 is 0 Å². The quantitative estimate of drug-likeness (QED) is 0.0244. The Hall–Kier alpha value is -6.61. The van der Waals surface area contributed by atoms with Crippen molar-refractivity contribution in [2.75, 3.05) is 19.8 Å². The number of nitrogens with one attached hydrogen (secondary N) is 1. The summed E-state index contributed by atoms with van der Waals surface area (Å²) in [6.07, 6.45) is 27.1. The van der Waals surface area contributed by atoms with Crippen LogP contribution in [0.4, 0.5) is 0 Å². The SMILES string of the molecule is CCCCCCCCCCCCCCCCCC[NH-].Cc1cc(-c2ccccc2[OH+]C[C@@H]2CCCC[C@H]2C[OH+]c2ccccc2-c2cc(C)cc(-n3c4ccccc4c4ccccc43)c2O)c(O)c(-n2c3ccccc3c3ccccc32)c1.[CH3-].[Hf]. The van der Waals surface area contributed by atoms with Gasteiger partial charge in [-0.1, -0.05) is 220 Å². The van der Waals surface area contributed by atoms with Gasteiger partial charge in [0.2, 0.25) is 0 Å². The van der Waals surface area contributed by atoms with Crippen LogP contribution in [0.15, 0.2) is 170 Å². The Morgan fingerprint density at radius 1 is 0.412 bits per heavy atom. The number of unbranched alkanes of at least 4 members (excludes halogenated alkanes) is 15. The summed E-state index contributed by atoms with van der Waals surface area (Å²) < 4.78 is 15.1. The molecule has 7 nitrogen and oxygen atoms in total. The number of phenols is 2. The first-order chi connectivity index (χ1) is 40.8. The monoisotopic (exact) mass is 1300 g/mol. The number of aryl methyl sites for hydroxylation is 2. The topological polar surface area (TPSA) is 99.7 Å². The smallest absolute Gasteiger partial charge is 0.262 e. The van der Waals surface area contributed by atoms with E-state index < -0.39 is 0 Å². The van der Waals surface area contributed by atoms with Gasteiger partial charge in [-0.3, -0.25) is 0 Å². The van der Waals surface area contributed by atoms with Crippen molar-refractivity contribution < 1.29 is 45.5 Å². The van der Waals surface area contributed by atoms with Gasteiger partial charge in [0.05, 0.1) is 44.6 Å². The molecular weight excluding hydrogens is 1210 g/mol. The third-order valence-electron chi connectivity index (χ3n) is 17.6. The Morgan fingerprint density at radius 2 is 0.718 bits per heavy atom. The molecule has 5 N–H and O–H groups in total. The minimum Gasteiger partial charge on any atom is -0.677 e. The molecule has 0 unspecified atom stereocenters. The molecule has 0 aliphatic heterocycles. The molecule has 1 aliphatic rings. The second kappa shape index (κ2) is 32.2. The number of benzene rings is 8. The first-order valence-corrected chi connectivity index (χ1v) is 31.7. The molecule has 0 amide bonds. The van der Waals surface area contributed by atoms with Crippen molar-refractivity contribution in [3.05, 3.63) is 194 Å². The van der Waals surface area contributed by atoms with E-state index in [4.69, 9.17) is 15.2 Å². The van der Waals surface area contributed by atoms with E-state index in [0.717, 1.165) is 119 Å². The Labute approximate surface area is 526 Å². The largest absolute Gasteiger partial charge is 0.677 e. The van der Waals surface area contributed by atoms with Gasteiger partial charge in [-0.25, -0.2) is 0 Å². The van der Waals surface area contributed by atoms with Gasteiger partial charge >= 0.3 is 0 Å². The molecule has 1 saturated carbocycles. The second-order valence-corrected chi connectivity index (χ2v) is 23.7. The average Bonchev–Trinajstić information content (AvgIpc) is 1.79. The summed E-state index contributed by atoms with van der Waals surface area (Å²) in [5, 5.41) is 29.1. The molecule has 10 aromatic rings. The molecule has 2 aromatic heterocycles. The summed E-state index contributed by atoms with van der Waals surface area (Å²) in [6, 6.07) is 58.4. The van der Waals surface area contributed by atoms with Gasteiger partial charge in [0.1, 0.15) is 11.5 Å². The number of fused-ring (bicyclic) bond motifs is 6. The molecular formula is C77H93HfN3O4. The molecule has 0 radical (unpaired) electrons. The van der Waals surface area contributed by atoms with Crippen molar-refractivity contribution in [3.8, 4) is 56.6 Å². The summed E-state index contributed by atoms with van der Waals surface area (Å²) in [5.41, 5.74) is 18.4. The zero-order chi connectivity index (χ0) is 57.3. The number of ether oxygens (including phenoxy) is 2. The molecule has 0 bridgehead atoms. The van der Waals surface area contributed by atoms with Gasteiger partial charge in [0, 0.05) is 82.5 Å². The maximum Gasteiger partial charge on any atom is 0.262 e. The van der Waals surface area contributed by atoms with E-state index in [1.807, 2.05) is 24.3 Å². The first kappa shape index (κ1) is 64.4. The van der Waals surface area contributed by atoms with Gasteiger partial charge in [-0.2, -0.15) is 6.54 Å². The number of phenolic OH excluding ortho intramolecular Hbond substituents is 2. The van der Waals surface area contributed by atoms with Crippen LogP contribution in [0.2, 0.25) is 0 Å². The van der Waals surface area contributed by atoms with E-state index in [0.29, 0.717) is 31.6 Å². The molecule has 1 fully saturated rings. The van der Waals surface area contributed by atoms with E-state index in [2.05, 4.69) is 175 Å². The maximum atomic E-state index is 12.2. The zero-order valence-corrected chi connectivity index (χ0v) is 54.9. The predicted octanol–water partition coefficient (Wildman–Crippen LogP) is 22.0. The third-order valence-corrected chi connectivity index (χ3v) is 17.6. The van der Waals surface area contributed by atoms with Crippen LogP contribution in [0.5, 0.6) is 23.0 Å². The number of aromatic hydroxyl groups is 4. The second-order valence-electron chi connectivity index (χ2n) is 23.7. The van der Waals surface area contributed by atoms with E-state index >= 15 is 0 Å². The number of rotatable bonds is 26. The number of hydrogen-bond donors (Lipinski definition) is 2. The van der Waals surface area contributed by atoms with E-state index in [-0.39, 0.29) is 44.8 Å². The Bertz CT molecular complexity index is 3360. The summed E-state index contributed by atoms with van der Waals surface area (Å²) in [6.45, 7) is 8.48. The van der Waals surface area contributed by atoms with Crippen molar-refractivity contribution in [1.82, 2.24) is 9.13 Å². The van der Waals surface area contributed by atoms with E-state index in [1.54, 1.807) is 0 Å². The Morgan fingerprint density at radius 3 is 1.06 bits per heavy atom. The van der Waals surface area contributed by atoms with Crippen molar-refractivity contribution in [2.45, 2.75) is 149 Å². The van der Waals surface area contributed by atoms with Gasteiger partial charge in [0.15, 0.2) is 13.2 Å². The Kier molecular flexibility index (Phi) is 24.4. The fourth-order valence-electron chi connectivity index (χ4n) is 13.2. The third kappa shape index (κ3) is 15.5. The number of para-hydroxylation sites is 6. The number of hydrogen-bond acceptors (Lipinski definition) is 2. The van der Waals surface area contributed by atoms with Crippen LogP contribution in [0.3, 0.4) is 0 Å². The number of aromatic nitrogens is 2. The fourth-order valence-corrected chi connectivity index (χ4v) is 13.2. The van der Waals surface area contributed by atoms with E-state index in [1.165, 1.54) is 109 Å². The molecule has 2 atom stereocenters. The number of nitrogens with zero attached hydrogens (tertiary/aromatic N) is 2. The van der Waals surface area contributed by atoms with E-state index in [9.17, 15) is 10.2 Å². The van der Waals surface area contributed by atoms with Crippen LogP contribution in [-0.4, -0.2) is 48.6 Å². The zero-order valence-electron chi connectivity index (χ0n) is 51.3. The fraction of sp³-hybridized carbons (Fsp3) is 0.364. The van der Waals surface area contributed by atoms with Gasteiger partial charge < -0.3 is 42.0 Å². The predicted molar refractivity (Wildman–Crippen MR) is 359 cm³/mol. The molecule has 0 spiro atoms. The number of aliphatic hydroxyl groups is 2. The van der Waals surface area contributed by atoms with Gasteiger partial charge in [-0.05, 0) is 98.5 Å². The maximum absolute atomic E-state index is 12.2. The molecule has 444 valence electrons. The summed E-state index contributed by atoms with van der Waals surface area (Å²) in [5.74, 6) is 3.00. The van der Waals surface area contributed by atoms with Crippen molar-refractivity contribution in [2.24, 2.45) is 11.8 Å². The van der Waals surface area contributed by atoms with Crippen LogP contribution in [-0.2, 0) is 25.8 Å². The standard InChI is InChI=1S/C58H50N2O4.C18H38N.CH3.Hf/c1-37-31-47(57(61)53(33-37)59-49-25-11-5-19-41(49)42-20-6-12-26-50(42)59)45-23-9-15-29-55(45)63-35-39-17-3-4-18-40(39)36-64-56-30-16-10-24-46(56)48-32-38(2)34-54(58(48)62)60-51-27-13-7-21-43(51)44-22-8-14-28-52(44)60;1-2-3-4-5-6-7-8-9-10-11-12-13-14-15-16-17-18-19;;/h5-16,19-34,39-40,61-62H,3-4,17-18,35-36H2,1-2H3;19H,2-18H2,1H3;1H3;/q;2*-1;/p+2/t39-,40-;;;/m0.../s1. The molecule has 8 aromatic carbocycles. The average molecular weight is 1300 g/mol. The molecule has 85 heavy (non-hydrogen) atoms. The summed E-state index contributed by atoms with van der Waals surface area (Å²) in [4.78, 5) is 0. The molecule has 0 saturated heterocycles.